The summed E-state index contributed by atoms with van der Waals surface area (Å²) in [5.41, 5.74) is -0.625. The SMILES string of the molecule is CC(C(=O)OCCC1CCO1)=C(F)F. The van der Waals surface area contributed by atoms with Gasteiger partial charge in [-0.3, -0.25) is 0 Å². The molecule has 80 valence electrons. The van der Waals surface area contributed by atoms with Crippen LogP contribution in [0.5, 0.6) is 0 Å². The standard InChI is InChI=1S/C9H12F2O3/c1-6(8(10)11)9(12)14-5-3-7-2-4-13-7/h7H,2-5H2,1H3. The summed E-state index contributed by atoms with van der Waals surface area (Å²) >= 11 is 0. The number of hydrogen-bond donors (Lipinski definition) is 0. The fourth-order valence-electron chi connectivity index (χ4n) is 0.981. The van der Waals surface area contributed by atoms with Gasteiger partial charge in [0.25, 0.3) is 6.08 Å². The summed E-state index contributed by atoms with van der Waals surface area (Å²) in [7, 11) is 0. The molecule has 0 spiro atoms. The van der Waals surface area contributed by atoms with Crippen molar-refractivity contribution >= 4 is 5.97 Å². The molecule has 0 saturated carbocycles. The van der Waals surface area contributed by atoms with Crippen molar-refractivity contribution in [2.24, 2.45) is 0 Å². The number of carbonyl (C=O) groups excluding carboxylic acids is 1. The van der Waals surface area contributed by atoms with Crippen molar-refractivity contribution in [3.63, 3.8) is 0 Å². The predicted octanol–water partition coefficient (Wildman–Crippen LogP) is 1.88. The minimum absolute atomic E-state index is 0.127. The summed E-state index contributed by atoms with van der Waals surface area (Å²) in [5, 5.41) is 0. The van der Waals surface area contributed by atoms with Gasteiger partial charge >= 0.3 is 5.97 Å². The maximum Gasteiger partial charge on any atom is 0.339 e. The molecule has 0 aliphatic carbocycles. The van der Waals surface area contributed by atoms with Crippen molar-refractivity contribution in [3.05, 3.63) is 11.7 Å². The monoisotopic (exact) mass is 206 g/mol. The summed E-state index contributed by atoms with van der Waals surface area (Å²) in [6, 6.07) is 0. The van der Waals surface area contributed by atoms with Gasteiger partial charge in [0.2, 0.25) is 0 Å². The molecular weight excluding hydrogens is 194 g/mol. The Morgan fingerprint density at radius 1 is 1.57 bits per heavy atom. The molecular formula is C9H12F2O3. The van der Waals surface area contributed by atoms with Crippen LogP contribution in [0.1, 0.15) is 19.8 Å². The molecule has 1 saturated heterocycles. The zero-order valence-electron chi connectivity index (χ0n) is 7.89. The highest BCUT2D eigenvalue weighted by Gasteiger charge is 2.19. The van der Waals surface area contributed by atoms with E-state index < -0.39 is 17.6 Å². The van der Waals surface area contributed by atoms with Crippen LogP contribution in [0, 0.1) is 0 Å². The number of ether oxygens (including phenoxy) is 2. The topological polar surface area (TPSA) is 35.5 Å². The Morgan fingerprint density at radius 3 is 2.64 bits per heavy atom. The molecule has 0 aromatic heterocycles. The van der Waals surface area contributed by atoms with Crippen LogP contribution in [-0.4, -0.2) is 25.3 Å². The van der Waals surface area contributed by atoms with Gasteiger partial charge in [-0.2, -0.15) is 8.78 Å². The van der Waals surface area contributed by atoms with Gasteiger partial charge in [0.1, 0.15) is 0 Å². The van der Waals surface area contributed by atoms with Gasteiger partial charge < -0.3 is 9.47 Å². The number of halogens is 2. The maximum atomic E-state index is 11.9. The van der Waals surface area contributed by atoms with Crippen molar-refractivity contribution in [1.29, 1.82) is 0 Å². The Hall–Kier alpha value is -0.970. The minimum Gasteiger partial charge on any atom is -0.462 e. The van der Waals surface area contributed by atoms with Gasteiger partial charge in [0.15, 0.2) is 0 Å². The van der Waals surface area contributed by atoms with Gasteiger partial charge in [-0.15, -0.1) is 0 Å². The number of rotatable bonds is 4. The molecule has 1 atom stereocenters. The molecule has 0 aromatic carbocycles. The molecule has 0 bridgehead atoms. The van der Waals surface area contributed by atoms with E-state index in [1.165, 1.54) is 0 Å². The Bertz CT molecular complexity index is 242. The molecule has 0 radical (unpaired) electrons. The lowest BCUT2D eigenvalue weighted by molar-refractivity contribution is -0.141. The zero-order valence-corrected chi connectivity index (χ0v) is 7.89. The van der Waals surface area contributed by atoms with Crippen LogP contribution in [0.25, 0.3) is 0 Å². The van der Waals surface area contributed by atoms with Gasteiger partial charge in [0.05, 0.1) is 18.3 Å². The van der Waals surface area contributed by atoms with E-state index in [-0.39, 0.29) is 12.7 Å². The lowest BCUT2D eigenvalue weighted by Gasteiger charge is -2.25. The number of esters is 1. The molecule has 14 heavy (non-hydrogen) atoms. The zero-order chi connectivity index (χ0) is 10.6. The second-order valence-electron chi connectivity index (χ2n) is 3.09. The van der Waals surface area contributed by atoms with Crippen molar-refractivity contribution < 1.29 is 23.0 Å². The van der Waals surface area contributed by atoms with E-state index in [0.717, 1.165) is 20.0 Å². The lowest BCUT2D eigenvalue weighted by atomic mass is 10.1. The van der Waals surface area contributed by atoms with Crippen molar-refractivity contribution in [1.82, 2.24) is 0 Å². The summed E-state index contributed by atoms with van der Waals surface area (Å²) in [5.74, 6) is -0.954. The van der Waals surface area contributed by atoms with E-state index in [1.54, 1.807) is 0 Å². The summed E-state index contributed by atoms with van der Waals surface area (Å²) in [6.07, 6.45) is -0.339. The van der Waals surface area contributed by atoms with E-state index >= 15 is 0 Å². The van der Waals surface area contributed by atoms with Crippen LogP contribution in [0.3, 0.4) is 0 Å². The molecule has 0 N–H and O–H groups in total. The fraction of sp³-hybridized carbons (Fsp3) is 0.667. The Labute approximate surface area is 80.7 Å². The fourth-order valence-corrected chi connectivity index (χ4v) is 0.981. The Morgan fingerprint density at radius 2 is 2.21 bits per heavy atom. The molecule has 0 amide bonds. The molecule has 1 aliphatic heterocycles. The van der Waals surface area contributed by atoms with E-state index in [9.17, 15) is 13.6 Å². The summed E-state index contributed by atoms with van der Waals surface area (Å²) in [6.45, 7) is 1.91. The Balaban J connectivity index is 2.17. The third-order valence-corrected chi connectivity index (χ3v) is 2.06. The first-order valence-corrected chi connectivity index (χ1v) is 4.42. The van der Waals surface area contributed by atoms with E-state index in [1.807, 2.05) is 0 Å². The average molecular weight is 206 g/mol. The molecule has 1 unspecified atom stereocenters. The highest BCUT2D eigenvalue weighted by atomic mass is 19.3. The number of carbonyl (C=O) groups is 1. The lowest BCUT2D eigenvalue weighted by Crippen LogP contribution is -2.28. The molecule has 3 nitrogen and oxygen atoms in total. The highest BCUT2D eigenvalue weighted by Crippen LogP contribution is 2.15. The molecule has 1 fully saturated rings. The van der Waals surface area contributed by atoms with Crippen LogP contribution in [0.2, 0.25) is 0 Å². The second kappa shape index (κ2) is 5.05. The Kier molecular flexibility index (Phi) is 4.00. The smallest absolute Gasteiger partial charge is 0.339 e. The van der Waals surface area contributed by atoms with Crippen molar-refractivity contribution in [2.45, 2.75) is 25.9 Å². The van der Waals surface area contributed by atoms with E-state index in [0.29, 0.717) is 6.42 Å². The van der Waals surface area contributed by atoms with Gasteiger partial charge in [0, 0.05) is 13.0 Å². The quantitative estimate of drug-likeness (QED) is 0.520. The first-order valence-electron chi connectivity index (χ1n) is 4.42. The maximum absolute atomic E-state index is 11.9. The third kappa shape index (κ3) is 3.06. The first kappa shape index (κ1) is 11.1. The second-order valence-corrected chi connectivity index (χ2v) is 3.09. The molecule has 1 heterocycles. The number of hydrogen-bond acceptors (Lipinski definition) is 3. The molecule has 1 aliphatic rings. The largest absolute Gasteiger partial charge is 0.462 e. The highest BCUT2D eigenvalue weighted by molar-refractivity contribution is 5.87. The van der Waals surface area contributed by atoms with Gasteiger partial charge in [-0.1, -0.05) is 0 Å². The summed E-state index contributed by atoms with van der Waals surface area (Å²) in [4.78, 5) is 10.9. The molecule has 1 rings (SSSR count). The van der Waals surface area contributed by atoms with Gasteiger partial charge in [-0.25, -0.2) is 4.79 Å². The van der Waals surface area contributed by atoms with Crippen LogP contribution in [-0.2, 0) is 14.3 Å². The first-order chi connectivity index (χ1) is 6.61. The van der Waals surface area contributed by atoms with Gasteiger partial charge in [-0.05, 0) is 13.3 Å². The predicted molar refractivity (Wildman–Crippen MR) is 44.8 cm³/mol. The molecule has 5 heteroatoms. The van der Waals surface area contributed by atoms with E-state index in [4.69, 9.17) is 4.74 Å². The average Bonchev–Trinajstić information content (AvgIpc) is 2.07. The summed E-state index contributed by atoms with van der Waals surface area (Å²) < 4.78 is 33.5. The third-order valence-electron chi connectivity index (χ3n) is 2.06. The normalized spacial score (nSPS) is 19.8. The van der Waals surface area contributed by atoms with Crippen LogP contribution in [0.15, 0.2) is 11.7 Å². The van der Waals surface area contributed by atoms with Crippen molar-refractivity contribution in [3.8, 4) is 0 Å². The molecule has 0 aromatic rings. The van der Waals surface area contributed by atoms with Crippen molar-refractivity contribution in [2.75, 3.05) is 13.2 Å². The van der Waals surface area contributed by atoms with Crippen LogP contribution >= 0.6 is 0 Å². The van der Waals surface area contributed by atoms with E-state index in [2.05, 4.69) is 4.74 Å². The van der Waals surface area contributed by atoms with Crippen LogP contribution < -0.4 is 0 Å². The minimum atomic E-state index is -1.99. The van der Waals surface area contributed by atoms with Crippen LogP contribution in [0.4, 0.5) is 8.78 Å².